The average molecular weight is 408 g/mol. The highest BCUT2D eigenvalue weighted by atomic mass is 32.2. The van der Waals surface area contributed by atoms with Gasteiger partial charge >= 0.3 is 6.03 Å². The van der Waals surface area contributed by atoms with Crippen LogP contribution in [0.15, 0.2) is 23.1 Å². The molecule has 2 fully saturated rings. The van der Waals surface area contributed by atoms with Crippen LogP contribution < -0.4 is 5.32 Å². The molecule has 1 aromatic carbocycles. The first-order valence-corrected chi connectivity index (χ1v) is 10.4. The van der Waals surface area contributed by atoms with Gasteiger partial charge in [0, 0.05) is 39.3 Å². The van der Waals surface area contributed by atoms with E-state index in [1.165, 1.54) is 22.5 Å². The van der Waals surface area contributed by atoms with Gasteiger partial charge in [-0.2, -0.15) is 4.31 Å². The van der Waals surface area contributed by atoms with Gasteiger partial charge in [0.1, 0.15) is 0 Å². The Morgan fingerprint density at radius 2 is 1.50 bits per heavy atom. The van der Waals surface area contributed by atoms with Gasteiger partial charge in [-0.05, 0) is 18.2 Å². The molecule has 0 radical (unpaired) electrons. The lowest BCUT2D eigenvalue weighted by Crippen LogP contribution is -2.55. The third-order valence-corrected chi connectivity index (χ3v) is 7.03. The second-order valence-electron chi connectivity index (χ2n) is 6.76. The highest BCUT2D eigenvalue weighted by Gasteiger charge is 2.34. The largest absolute Gasteiger partial charge is 0.378 e. The van der Waals surface area contributed by atoms with Crippen LogP contribution in [0, 0.1) is 0 Å². The fourth-order valence-corrected chi connectivity index (χ4v) is 4.98. The van der Waals surface area contributed by atoms with Gasteiger partial charge < -0.3 is 14.5 Å². The van der Waals surface area contributed by atoms with Crippen LogP contribution in [0.3, 0.4) is 0 Å². The number of imide groups is 1. The number of hydrogen-bond donors (Lipinski definition) is 1. The van der Waals surface area contributed by atoms with Crippen LogP contribution in [0.25, 0.3) is 0 Å². The number of nitrogens with one attached hydrogen (secondary N) is 1. The van der Waals surface area contributed by atoms with E-state index in [9.17, 15) is 22.8 Å². The lowest BCUT2D eigenvalue weighted by atomic mass is 10.1. The molecule has 0 bridgehead atoms. The Morgan fingerprint density at radius 1 is 0.893 bits per heavy atom. The van der Waals surface area contributed by atoms with Crippen LogP contribution in [-0.4, -0.2) is 92.9 Å². The second kappa shape index (κ2) is 7.15. The van der Waals surface area contributed by atoms with Crippen LogP contribution in [0.2, 0.25) is 0 Å². The number of urea groups is 1. The zero-order valence-corrected chi connectivity index (χ0v) is 15.9. The first-order chi connectivity index (χ1) is 13.4. The molecular formula is C17H20N4O6S. The van der Waals surface area contributed by atoms with Crippen LogP contribution >= 0.6 is 0 Å². The van der Waals surface area contributed by atoms with Crippen LogP contribution in [0.1, 0.15) is 20.7 Å². The summed E-state index contributed by atoms with van der Waals surface area (Å²) in [7, 11) is -3.83. The van der Waals surface area contributed by atoms with Crippen molar-refractivity contribution in [3.63, 3.8) is 0 Å². The molecule has 1 N–H and O–H groups in total. The number of carbonyl (C=O) groups excluding carboxylic acids is 3. The topological polar surface area (TPSA) is 116 Å². The lowest BCUT2D eigenvalue weighted by Gasteiger charge is -2.38. The van der Waals surface area contributed by atoms with Crippen LogP contribution in [0.4, 0.5) is 4.79 Å². The van der Waals surface area contributed by atoms with Gasteiger partial charge in [0.05, 0.1) is 29.2 Å². The van der Waals surface area contributed by atoms with Crippen molar-refractivity contribution < 1.29 is 27.5 Å². The monoisotopic (exact) mass is 408 g/mol. The molecule has 10 nitrogen and oxygen atoms in total. The van der Waals surface area contributed by atoms with Crippen molar-refractivity contribution in [2.24, 2.45) is 0 Å². The minimum Gasteiger partial charge on any atom is -0.378 e. The van der Waals surface area contributed by atoms with Crippen molar-refractivity contribution in [2.45, 2.75) is 4.90 Å². The molecule has 0 aliphatic carbocycles. The summed E-state index contributed by atoms with van der Waals surface area (Å²) in [6, 6.07) is 3.81. The summed E-state index contributed by atoms with van der Waals surface area (Å²) in [6.45, 7) is 3.00. The third kappa shape index (κ3) is 3.25. The van der Waals surface area contributed by atoms with Crippen molar-refractivity contribution >= 4 is 27.9 Å². The standard InChI is InChI=1S/C17H20N4O6S/c22-15-13-2-1-12(11-14(13)16(23)18-15)28(25,26)21-5-3-19(4-6-21)17(24)20-7-9-27-10-8-20/h1-2,11H,3-10H2,(H,18,22,23). The average Bonchev–Trinajstić information content (AvgIpc) is 3.01. The Morgan fingerprint density at radius 3 is 2.18 bits per heavy atom. The molecule has 150 valence electrons. The number of hydrogen-bond acceptors (Lipinski definition) is 6. The number of ether oxygens (including phenoxy) is 1. The first kappa shape index (κ1) is 18.8. The number of carbonyl (C=O) groups is 3. The molecule has 0 aromatic heterocycles. The van der Waals surface area contributed by atoms with E-state index in [2.05, 4.69) is 5.32 Å². The quantitative estimate of drug-likeness (QED) is 0.649. The lowest BCUT2D eigenvalue weighted by molar-refractivity contribution is 0.0405. The fourth-order valence-electron chi connectivity index (χ4n) is 3.53. The van der Waals surface area contributed by atoms with Crippen LogP contribution in [0.5, 0.6) is 0 Å². The fraction of sp³-hybridized carbons (Fsp3) is 0.471. The van der Waals surface area contributed by atoms with E-state index in [0.717, 1.165) is 0 Å². The molecule has 0 saturated carbocycles. The number of piperazine rings is 1. The smallest absolute Gasteiger partial charge is 0.320 e. The molecule has 28 heavy (non-hydrogen) atoms. The molecule has 0 spiro atoms. The van der Waals surface area contributed by atoms with E-state index in [-0.39, 0.29) is 35.1 Å². The predicted octanol–water partition coefficient (Wildman–Crippen LogP) is -0.671. The SMILES string of the molecule is O=C1NC(=O)c2cc(S(=O)(=O)N3CCN(C(=O)N4CCOCC4)CC3)ccc21. The first-order valence-electron chi connectivity index (χ1n) is 8.99. The summed E-state index contributed by atoms with van der Waals surface area (Å²) < 4.78 is 32.4. The van der Waals surface area contributed by atoms with Crippen LogP contribution in [-0.2, 0) is 14.8 Å². The highest BCUT2D eigenvalue weighted by Crippen LogP contribution is 2.24. The molecule has 0 atom stereocenters. The van der Waals surface area contributed by atoms with Gasteiger partial charge in [0.2, 0.25) is 10.0 Å². The van der Waals surface area contributed by atoms with Gasteiger partial charge in [-0.25, -0.2) is 13.2 Å². The Labute approximate surface area is 162 Å². The molecule has 4 amide bonds. The normalized spacial score (nSPS) is 20.9. The predicted molar refractivity (Wildman–Crippen MR) is 96.4 cm³/mol. The number of fused-ring (bicyclic) bond motifs is 1. The summed E-state index contributed by atoms with van der Waals surface area (Å²) in [5, 5.41) is 2.15. The summed E-state index contributed by atoms with van der Waals surface area (Å²) in [5.74, 6) is -1.13. The van der Waals surface area contributed by atoms with E-state index in [1.807, 2.05) is 0 Å². The second-order valence-corrected chi connectivity index (χ2v) is 8.70. The highest BCUT2D eigenvalue weighted by molar-refractivity contribution is 7.89. The van der Waals surface area contributed by atoms with E-state index in [0.29, 0.717) is 39.4 Å². The van der Waals surface area contributed by atoms with Gasteiger partial charge in [0.15, 0.2) is 0 Å². The van der Waals surface area contributed by atoms with Crippen molar-refractivity contribution in [3.8, 4) is 0 Å². The molecule has 11 heteroatoms. The van der Waals surface area contributed by atoms with Crippen molar-refractivity contribution in [2.75, 3.05) is 52.5 Å². The Balaban J connectivity index is 1.45. The third-order valence-electron chi connectivity index (χ3n) is 5.14. The number of benzene rings is 1. The molecule has 2 saturated heterocycles. The Hall–Kier alpha value is -2.50. The van der Waals surface area contributed by atoms with E-state index in [4.69, 9.17) is 4.74 Å². The van der Waals surface area contributed by atoms with Gasteiger partial charge in [-0.1, -0.05) is 0 Å². The molecule has 1 aromatic rings. The summed E-state index contributed by atoms with van der Waals surface area (Å²) in [5.41, 5.74) is 0.233. The van der Waals surface area contributed by atoms with E-state index in [1.54, 1.807) is 9.80 Å². The molecule has 3 heterocycles. The Kier molecular flexibility index (Phi) is 4.81. The summed E-state index contributed by atoms with van der Waals surface area (Å²) in [4.78, 5) is 39.3. The summed E-state index contributed by atoms with van der Waals surface area (Å²) in [6.07, 6.45) is 0. The zero-order chi connectivity index (χ0) is 19.9. The minimum absolute atomic E-state index is 0.0379. The molecule has 3 aliphatic rings. The molecule has 3 aliphatic heterocycles. The maximum absolute atomic E-state index is 12.9. The van der Waals surface area contributed by atoms with Crippen molar-refractivity contribution in [3.05, 3.63) is 29.3 Å². The van der Waals surface area contributed by atoms with E-state index < -0.39 is 21.8 Å². The maximum atomic E-state index is 12.9. The van der Waals surface area contributed by atoms with Crippen molar-refractivity contribution in [1.82, 2.24) is 19.4 Å². The maximum Gasteiger partial charge on any atom is 0.320 e. The zero-order valence-electron chi connectivity index (χ0n) is 15.1. The molecule has 4 rings (SSSR count). The number of amides is 4. The van der Waals surface area contributed by atoms with E-state index >= 15 is 0 Å². The van der Waals surface area contributed by atoms with Gasteiger partial charge in [0.25, 0.3) is 11.8 Å². The molecular weight excluding hydrogens is 388 g/mol. The number of sulfonamides is 1. The number of nitrogens with zero attached hydrogens (tertiary/aromatic N) is 3. The minimum atomic E-state index is -3.83. The van der Waals surface area contributed by atoms with Crippen molar-refractivity contribution in [1.29, 1.82) is 0 Å². The summed E-state index contributed by atoms with van der Waals surface area (Å²) >= 11 is 0. The number of morpholine rings is 1. The number of rotatable bonds is 2. The molecule has 0 unspecified atom stereocenters. The Bertz CT molecular complexity index is 933. The van der Waals surface area contributed by atoms with Gasteiger partial charge in [-0.15, -0.1) is 0 Å². The van der Waals surface area contributed by atoms with Gasteiger partial charge in [-0.3, -0.25) is 14.9 Å².